The molecule has 6 heteroatoms. The van der Waals surface area contributed by atoms with Crippen LogP contribution in [0.4, 0.5) is 4.39 Å². The zero-order chi connectivity index (χ0) is 19.0. The highest BCUT2D eigenvalue weighted by molar-refractivity contribution is 5.94. The quantitative estimate of drug-likeness (QED) is 0.838. The summed E-state index contributed by atoms with van der Waals surface area (Å²) in [6.45, 7) is 3.58. The van der Waals surface area contributed by atoms with Crippen LogP contribution in [0.15, 0.2) is 48.8 Å². The lowest BCUT2D eigenvalue weighted by molar-refractivity contribution is -0.132. The van der Waals surface area contributed by atoms with Gasteiger partial charge in [-0.05, 0) is 11.6 Å². The number of likely N-dealkylation sites (tertiary alicyclic amines) is 2. The Morgan fingerprint density at radius 2 is 1.93 bits per heavy atom. The Hall–Kier alpha value is -2.76. The largest absolute Gasteiger partial charge is 0.338 e. The van der Waals surface area contributed by atoms with Crippen molar-refractivity contribution in [2.24, 2.45) is 11.8 Å². The Morgan fingerprint density at radius 3 is 2.63 bits per heavy atom. The van der Waals surface area contributed by atoms with E-state index in [4.69, 9.17) is 0 Å². The van der Waals surface area contributed by atoms with Crippen molar-refractivity contribution in [3.05, 3.63) is 65.7 Å². The van der Waals surface area contributed by atoms with Gasteiger partial charge in [-0.1, -0.05) is 37.3 Å². The van der Waals surface area contributed by atoms with Gasteiger partial charge in [0.2, 0.25) is 5.91 Å². The highest BCUT2D eigenvalue weighted by Gasteiger charge is 2.49. The summed E-state index contributed by atoms with van der Waals surface area (Å²) in [5.41, 5.74) is 1.15. The maximum absolute atomic E-state index is 14.0. The van der Waals surface area contributed by atoms with Crippen LogP contribution in [0.25, 0.3) is 0 Å². The number of hydrogen-bond acceptors (Lipinski definition) is 3. The Bertz CT molecular complexity index is 858. The first kappa shape index (κ1) is 17.6. The van der Waals surface area contributed by atoms with E-state index in [0.29, 0.717) is 26.1 Å². The van der Waals surface area contributed by atoms with Crippen LogP contribution in [0.5, 0.6) is 0 Å². The topological polar surface area (TPSA) is 53.5 Å². The first-order chi connectivity index (χ1) is 13.1. The highest BCUT2D eigenvalue weighted by atomic mass is 19.1. The average Bonchev–Trinajstić information content (AvgIpc) is 3.26. The van der Waals surface area contributed by atoms with E-state index in [1.54, 1.807) is 4.90 Å². The van der Waals surface area contributed by atoms with Crippen molar-refractivity contribution in [2.75, 3.05) is 19.6 Å². The van der Waals surface area contributed by atoms with E-state index in [-0.39, 0.29) is 35.3 Å². The second-order valence-electron chi connectivity index (χ2n) is 7.24. The van der Waals surface area contributed by atoms with E-state index in [2.05, 4.69) is 4.98 Å². The lowest BCUT2D eigenvalue weighted by Crippen LogP contribution is -2.37. The minimum Gasteiger partial charge on any atom is -0.338 e. The second kappa shape index (κ2) is 7.10. The molecule has 2 aliphatic heterocycles. The van der Waals surface area contributed by atoms with Crippen LogP contribution in [-0.2, 0) is 4.79 Å². The molecule has 4 rings (SSSR count). The second-order valence-corrected chi connectivity index (χ2v) is 7.24. The molecule has 0 unspecified atom stereocenters. The number of pyridine rings is 1. The summed E-state index contributed by atoms with van der Waals surface area (Å²) in [6.07, 6.45) is 2.97. The SMILES string of the molecule is CCC(=O)N1C[C@@H]2CN(C(=O)c3ccncc3F)C[C@@H]2[C@H]1c1ccccc1. The molecule has 1 aromatic heterocycles. The number of fused-ring (bicyclic) bond motifs is 1. The summed E-state index contributed by atoms with van der Waals surface area (Å²) in [6, 6.07) is 11.4. The van der Waals surface area contributed by atoms with E-state index in [1.165, 1.54) is 12.3 Å². The third-order valence-electron chi connectivity index (χ3n) is 5.72. The standard InChI is InChI=1S/C21H22FN3O2/c1-2-19(26)25-12-15-11-24(21(27)16-8-9-23-10-18(16)22)13-17(15)20(25)14-6-4-3-5-7-14/h3-10,15,17,20H,2,11-13H2,1H3/t15-,17-,20+/m0/s1. The van der Waals surface area contributed by atoms with Gasteiger partial charge in [0.25, 0.3) is 5.91 Å². The molecule has 1 aromatic carbocycles. The summed E-state index contributed by atoms with van der Waals surface area (Å²) < 4.78 is 14.0. The molecule has 2 fully saturated rings. The predicted octanol–water partition coefficient (Wildman–Crippen LogP) is 2.90. The maximum Gasteiger partial charge on any atom is 0.256 e. The summed E-state index contributed by atoms with van der Waals surface area (Å²) in [7, 11) is 0. The number of carbonyl (C=O) groups excluding carboxylic acids is 2. The molecular formula is C21H22FN3O2. The monoisotopic (exact) mass is 367 g/mol. The van der Waals surface area contributed by atoms with Crippen molar-refractivity contribution in [1.29, 1.82) is 0 Å². The summed E-state index contributed by atoms with van der Waals surface area (Å²) in [4.78, 5) is 32.7. The molecule has 140 valence electrons. The van der Waals surface area contributed by atoms with Gasteiger partial charge in [0, 0.05) is 44.1 Å². The van der Waals surface area contributed by atoms with Crippen molar-refractivity contribution in [3.63, 3.8) is 0 Å². The van der Waals surface area contributed by atoms with Gasteiger partial charge in [0.05, 0.1) is 17.8 Å². The third-order valence-corrected chi connectivity index (χ3v) is 5.72. The number of hydrogen-bond donors (Lipinski definition) is 0. The Morgan fingerprint density at radius 1 is 1.15 bits per heavy atom. The lowest BCUT2D eigenvalue weighted by Gasteiger charge is -2.30. The van der Waals surface area contributed by atoms with E-state index in [0.717, 1.165) is 11.8 Å². The molecule has 0 saturated carbocycles. The van der Waals surface area contributed by atoms with E-state index < -0.39 is 5.82 Å². The molecule has 0 bridgehead atoms. The lowest BCUT2D eigenvalue weighted by atomic mass is 9.89. The van der Waals surface area contributed by atoms with Gasteiger partial charge in [-0.25, -0.2) is 4.39 Å². The van der Waals surface area contributed by atoms with Gasteiger partial charge < -0.3 is 9.80 Å². The molecule has 2 aromatic rings. The van der Waals surface area contributed by atoms with Crippen molar-refractivity contribution < 1.29 is 14.0 Å². The number of amides is 2. The summed E-state index contributed by atoms with van der Waals surface area (Å²) in [5, 5.41) is 0. The Balaban J connectivity index is 1.60. The summed E-state index contributed by atoms with van der Waals surface area (Å²) in [5.74, 6) is -0.390. The number of halogens is 1. The average molecular weight is 367 g/mol. The zero-order valence-corrected chi connectivity index (χ0v) is 15.2. The number of carbonyl (C=O) groups is 2. The fraction of sp³-hybridized carbons (Fsp3) is 0.381. The van der Waals surface area contributed by atoms with Crippen LogP contribution in [0.3, 0.4) is 0 Å². The van der Waals surface area contributed by atoms with Crippen LogP contribution >= 0.6 is 0 Å². The molecule has 2 amide bonds. The predicted molar refractivity (Wildman–Crippen MR) is 98.3 cm³/mol. The number of rotatable bonds is 3. The molecule has 3 atom stereocenters. The minimum atomic E-state index is -0.595. The van der Waals surface area contributed by atoms with Crippen molar-refractivity contribution >= 4 is 11.8 Å². The molecule has 3 heterocycles. The summed E-state index contributed by atoms with van der Waals surface area (Å²) >= 11 is 0. The molecule has 2 saturated heterocycles. The van der Waals surface area contributed by atoms with Crippen molar-refractivity contribution in [1.82, 2.24) is 14.8 Å². The molecule has 2 aliphatic rings. The number of nitrogens with zero attached hydrogens (tertiary/aromatic N) is 3. The van der Waals surface area contributed by atoms with Gasteiger partial charge >= 0.3 is 0 Å². The van der Waals surface area contributed by atoms with Crippen molar-refractivity contribution in [2.45, 2.75) is 19.4 Å². The number of benzene rings is 1. The minimum absolute atomic E-state index is 0.0382. The first-order valence-corrected chi connectivity index (χ1v) is 9.33. The molecular weight excluding hydrogens is 345 g/mol. The smallest absolute Gasteiger partial charge is 0.256 e. The fourth-order valence-corrected chi connectivity index (χ4v) is 4.47. The third kappa shape index (κ3) is 3.09. The fourth-order valence-electron chi connectivity index (χ4n) is 4.47. The van der Waals surface area contributed by atoms with E-state index in [9.17, 15) is 14.0 Å². The molecule has 5 nitrogen and oxygen atoms in total. The molecule has 0 radical (unpaired) electrons. The van der Waals surface area contributed by atoms with Gasteiger partial charge in [0.1, 0.15) is 0 Å². The van der Waals surface area contributed by atoms with Gasteiger partial charge in [0.15, 0.2) is 5.82 Å². The molecule has 27 heavy (non-hydrogen) atoms. The highest BCUT2D eigenvalue weighted by Crippen LogP contribution is 2.45. The van der Waals surface area contributed by atoms with E-state index >= 15 is 0 Å². The molecule has 0 spiro atoms. The molecule has 0 N–H and O–H groups in total. The normalized spacial score (nSPS) is 24.1. The van der Waals surface area contributed by atoms with Crippen LogP contribution < -0.4 is 0 Å². The van der Waals surface area contributed by atoms with Crippen LogP contribution in [0.1, 0.15) is 35.3 Å². The van der Waals surface area contributed by atoms with Gasteiger partial charge in [-0.3, -0.25) is 14.6 Å². The van der Waals surface area contributed by atoms with Crippen molar-refractivity contribution in [3.8, 4) is 0 Å². The Kier molecular flexibility index (Phi) is 4.64. The molecule has 0 aliphatic carbocycles. The van der Waals surface area contributed by atoms with Crippen LogP contribution in [0, 0.1) is 17.7 Å². The van der Waals surface area contributed by atoms with Gasteiger partial charge in [-0.15, -0.1) is 0 Å². The zero-order valence-electron chi connectivity index (χ0n) is 15.2. The van der Waals surface area contributed by atoms with Crippen LogP contribution in [0.2, 0.25) is 0 Å². The van der Waals surface area contributed by atoms with Crippen LogP contribution in [-0.4, -0.2) is 46.2 Å². The van der Waals surface area contributed by atoms with E-state index in [1.807, 2.05) is 42.2 Å². The first-order valence-electron chi connectivity index (χ1n) is 9.33. The Labute approximate surface area is 157 Å². The maximum atomic E-state index is 14.0. The number of aromatic nitrogens is 1. The van der Waals surface area contributed by atoms with Gasteiger partial charge in [-0.2, -0.15) is 0 Å².